The van der Waals surface area contributed by atoms with Gasteiger partial charge < -0.3 is 20.6 Å². The van der Waals surface area contributed by atoms with Crippen LogP contribution in [0.1, 0.15) is 30.9 Å². The summed E-state index contributed by atoms with van der Waals surface area (Å²) in [6, 6.07) is 8.41. The number of amides is 1. The van der Waals surface area contributed by atoms with E-state index in [1.807, 2.05) is 36.1 Å². The van der Waals surface area contributed by atoms with Crippen LogP contribution in [0.2, 0.25) is 0 Å². The summed E-state index contributed by atoms with van der Waals surface area (Å²) in [5.41, 5.74) is 3.94. The fourth-order valence-electron chi connectivity index (χ4n) is 5.53. The average molecular weight is 531 g/mol. The van der Waals surface area contributed by atoms with Gasteiger partial charge in [0.2, 0.25) is 11.9 Å². The number of nitrogens with one attached hydrogen (secondary N) is 2. The zero-order chi connectivity index (χ0) is 27.2. The minimum absolute atomic E-state index is 0.0457. The first-order valence-corrected chi connectivity index (χ1v) is 13.7. The lowest BCUT2D eigenvalue weighted by Gasteiger charge is -2.34. The summed E-state index contributed by atoms with van der Waals surface area (Å²) in [4.78, 5) is 32.8. The normalized spacial score (nSPS) is 28.8. The number of aliphatic imine (C=N–C) groups is 1. The summed E-state index contributed by atoms with van der Waals surface area (Å²) in [7, 11) is 0. The predicted molar refractivity (Wildman–Crippen MR) is 154 cm³/mol. The number of aliphatic hydroxyl groups excluding tert-OH is 1. The van der Waals surface area contributed by atoms with Gasteiger partial charge in [-0.15, -0.1) is 0 Å². The highest BCUT2D eigenvalue weighted by Crippen LogP contribution is 2.26. The highest BCUT2D eigenvalue weighted by atomic mass is 16.3. The van der Waals surface area contributed by atoms with E-state index in [-0.39, 0.29) is 11.9 Å². The molecule has 206 valence electrons. The predicted octanol–water partition coefficient (Wildman–Crippen LogP) is 2.11. The summed E-state index contributed by atoms with van der Waals surface area (Å²) in [5.74, 6) is 1.26. The standard InChI is InChI=1S/C29H38N8O2/c1-3-22-14-27(30-2)34-24-6-4-5-21(13-24)18-35-9-11-36(12-10-35)20-28(39)31-8-7-25-15-26(38)19-37(25)29-32-16-23(22)17-33-29/h3-6,13-14,16-17,25-26,34,38H,2,7-12,15,18-20H2,1H3,(H,31,39)/b22-3+,27-14+. The number of nitrogens with zero attached hydrogens (tertiary/aromatic N) is 6. The van der Waals surface area contributed by atoms with Gasteiger partial charge in [0.25, 0.3) is 0 Å². The summed E-state index contributed by atoms with van der Waals surface area (Å²) in [5, 5.41) is 16.8. The Morgan fingerprint density at radius 3 is 2.59 bits per heavy atom. The van der Waals surface area contributed by atoms with Crippen molar-refractivity contribution in [2.75, 3.05) is 56.0 Å². The third-order valence-electron chi connectivity index (χ3n) is 7.63. The van der Waals surface area contributed by atoms with Gasteiger partial charge in [-0.2, -0.15) is 0 Å². The van der Waals surface area contributed by atoms with Gasteiger partial charge in [0, 0.05) is 75.5 Å². The molecular formula is C29H38N8O2. The molecule has 1 amide bonds. The molecule has 2 unspecified atom stereocenters. The van der Waals surface area contributed by atoms with Crippen LogP contribution in [-0.2, 0) is 11.3 Å². The van der Waals surface area contributed by atoms with E-state index in [9.17, 15) is 9.90 Å². The summed E-state index contributed by atoms with van der Waals surface area (Å²) in [6.45, 7) is 11.6. The Labute approximate surface area is 230 Å². The van der Waals surface area contributed by atoms with Crippen molar-refractivity contribution in [2.45, 2.75) is 38.5 Å². The average Bonchev–Trinajstić information content (AvgIpc) is 3.32. The molecule has 2 saturated heterocycles. The van der Waals surface area contributed by atoms with Crippen LogP contribution < -0.4 is 15.5 Å². The monoisotopic (exact) mass is 530 g/mol. The minimum atomic E-state index is -0.441. The second-order valence-electron chi connectivity index (χ2n) is 10.4. The quantitative estimate of drug-likeness (QED) is 0.481. The molecule has 10 heteroatoms. The zero-order valence-electron chi connectivity index (χ0n) is 22.6. The first-order chi connectivity index (χ1) is 19.0. The van der Waals surface area contributed by atoms with Gasteiger partial charge in [-0.1, -0.05) is 18.2 Å². The number of allylic oxidation sites excluding steroid dienone is 3. The molecule has 2 atom stereocenters. The van der Waals surface area contributed by atoms with Crippen LogP contribution in [0.25, 0.3) is 5.57 Å². The summed E-state index contributed by atoms with van der Waals surface area (Å²) >= 11 is 0. The Morgan fingerprint density at radius 2 is 1.87 bits per heavy atom. The highest BCUT2D eigenvalue weighted by Gasteiger charge is 2.32. The van der Waals surface area contributed by atoms with Gasteiger partial charge in [-0.3, -0.25) is 14.6 Å². The number of hydrogen-bond acceptors (Lipinski definition) is 9. The molecule has 39 heavy (non-hydrogen) atoms. The van der Waals surface area contributed by atoms with Crippen LogP contribution >= 0.6 is 0 Å². The fraction of sp³-hybridized carbons (Fsp3) is 0.448. The van der Waals surface area contributed by atoms with Crippen LogP contribution in [0.4, 0.5) is 11.6 Å². The molecule has 6 bridgehead atoms. The van der Waals surface area contributed by atoms with Gasteiger partial charge in [-0.25, -0.2) is 15.0 Å². The number of piperazine rings is 1. The Kier molecular flexibility index (Phi) is 8.65. The maximum atomic E-state index is 12.6. The fourth-order valence-corrected chi connectivity index (χ4v) is 5.53. The van der Waals surface area contributed by atoms with E-state index in [0.717, 1.165) is 56.0 Å². The van der Waals surface area contributed by atoms with E-state index in [2.05, 4.69) is 54.2 Å². The summed E-state index contributed by atoms with van der Waals surface area (Å²) < 4.78 is 0. The lowest BCUT2D eigenvalue weighted by atomic mass is 10.1. The molecule has 1 aromatic heterocycles. The smallest absolute Gasteiger partial charge is 0.234 e. The van der Waals surface area contributed by atoms with Crippen molar-refractivity contribution in [3.8, 4) is 0 Å². The van der Waals surface area contributed by atoms with Crippen LogP contribution in [0.15, 0.2) is 59.6 Å². The van der Waals surface area contributed by atoms with Gasteiger partial charge >= 0.3 is 0 Å². The summed E-state index contributed by atoms with van der Waals surface area (Å²) in [6.07, 6.45) is 8.45. The van der Waals surface area contributed by atoms with Gasteiger partial charge in [0.05, 0.1) is 12.6 Å². The Balaban J connectivity index is 1.41. The topological polar surface area (TPSA) is 109 Å². The molecule has 0 spiro atoms. The van der Waals surface area contributed by atoms with E-state index in [0.29, 0.717) is 37.8 Å². The molecule has 6 aliphatic rings. The number of aliphatic hydroxyl groups is 1. The Bertz CT molecular complexity index is 1220. The van der Waals surface area contributed by atoms with Crippen LogP contribution in [0, 0.1) is 0 Å². The molecule has 2 aromatic rings. The molecule has 0 saturated carbocycles. The number of carbonyl (C=O) groups excluding carboxylic acids is 1. The molecule has 1 aromatic carbocycles. The van der Waals surface area contributed by atoms with Crippen LogP contribution in [-0.4, -0.2) is 95.5 Å². The molecule has 0 radical (unpaired) electrons. The molecule has 2 fully saturated rings. The number of rotatable bonds is 1. The van der Waals surface area contributed by atoms with Crippen molar-refractivity contribution < 1.29 is 9.90 Å². The second-order valence-corrected chi connectivity index (χ2v) is 10.4. The lowest BCUT2D eigenvalue weighted by Crippen LogP contribution is -2.49. The third kappa shape index (κ3) is 6.89. The lowest BCUT2D eigenvalue weighted by molar-refractivity contribution is -0.122. The number of hydrogen-bond donors (Lipinski definition) is 3. The van der Waals surface area contributed by atoms with E-state index in [1.165, 1.54) is 5.56 Å². The van der Waals surface area contributed by atoms with Crippen LogP contribution in [0.5, 0.6) is 0 Å². The largest absolute Gasteiger partial charge is 0.391 e. The van der Waals surface area contributed by atoms with E-state index in [4.69, 9.17) is 0 Å². The maximum absolute atomic E-state index is 12.6. The molecule has 0 aliphatic carbocycles. The number of benzene rings is 1. The van der Waals surface area contributed by atoms with E-state index >= 15 is 0 Å². The third-order valence-corrected chi connectivity index (χ3v) is 7.63. The first kappa shape index (κ1) is 27.0. The van der Waals surface area contributed by atoms with E-state index < -0.39 is 6.10 Å². The van der Waals surface area contributed by atoms with Crippen molar-refractivity contribution in [1.82, 2.24) is 25.1 Å². The Hall–Kier alpha value is -3.60. The Morgan fingerprint density at radius 1 is 1.13 bits per heavy atom. The molecule has 7 heterocycles. The zero-order valence-corrected chi connectivity index (χ0v) is 22.6. The molecule has 6 aliphatic heterocycles. The number of carbonyl (C=O) groups is 1. The number of anilines is 2. The van der Waals surface area contributed by atoms with Crippen molar-refractivity contribution in [2.24, 2.45) is 4.99 Å². The molecule has 10 nitrogen and oxygen atoms in total. The van der Waals surface area contributed by atoms with Gasteiger partial charge in [0.1, 0.15) is 5.82 Å². The van der Waals surface area contributed by atoms with Crippen LogP contribution in [0.3, 0.4) is 0 Å². The highest BCUT2D eigenvalue weighted by molar-refractivity contribution is 5.78. The maximum Gasteiger partial charge on any atom is 0.234 e. The van der Waals surface area contributed by atoms with Crippen molar-refractivity contribution in [3.05, 3.63) is 65.8 Å². The first-order valence-electron chi connectivity index (χ1n) is 13.7. The van der Waals surface area contributed by atoms with Gasteiger partial charge in [-0.05, 0) is 55.8 Å². The van der Waals surface area contributed by atoms with Crippen molar-refractivity contribution >= 4 is 29.8 Å². The van der Waals surface area contributed by atoms with Crippen molar-refractivity contribution in [1.29, 1.82) is 0 Å². The van der Waals surface area contributed by atoms with Crippen molar-refractivity contribution in [3.63, 3.8) is 0 Å². The van der Waals surface area contributed by atoms with Gasteiger partial charge in [0.15, 0.2) is 0 Å². The number of aromatic nitrogens is 2. The molecular weight excluding hydrogens is 492 g/mol. The molecule has 3 N–H and O–H groups in total. The molecule has 8 rings (SSSR count). The SMILES string of the molecule is C=N/C1=C\C(=C/C)c2cnc(nc2)N2CC(O)CC2CCNC(=O)CN2CCN(CC2)Cc2cccc(c2)N1. The second kappa shape index (κ2) is 12.5. The van der Waals surface area contributed by atoms with E-state index in [1.54, 1.807) is 12.4 Å². The minimum Gasteiger partial charge on any atom is -0.391 e.